The van der Waals surface area contributed by atoms with Gasteiger partial charge in [0, 0.05) is 0 Å². The number of hydrogen-bond acceptors (Lipinski definition) is 4. The third kappa shape index (κ3) is 2.55. The summed E-state index contributed by atoms with van der Waals surface area (Å²) in [5.74, 6) is -0.192. The van der Waals surface area contributed by atoms with Crippen molar-refractivity contribution in [2.24, 2.45) is 5.92 Å². The lowest BCUT2D eigenvalue weighted by atomic mass is 9.92. The maximum absolute atomic E-state index is 11.8. The number of rotatable bonds is 3. The number of hydrogen-bond donors (Lipinski definition) is 2. The van der Waals surface area contributed by atoms with E-state index in [9.17, 15) is 13.2 Å². The molecule has 0 bridgehead atoms. The lowest BCUT2D eigenvalue weighted by molar-refractivity contribution is -0.123. The number of piperidine rings is 1. The first-order valence-electron chi connectivity index (χ1n) is 5.79. The molecule has 0 aromatic rings. The van der Waals surface area contributed by atoms with Crippen molar-refractivity contribution in [1.82, 2.24) is 10.0 Å². The van der Waals surface area contributed by atoms with Gasteiger partial charge in [-0.15, -0.1) is 0 Å². The minimum Gasteiger partial charge on any atom is -0.306 e. The molecule has 1 saturated heterocycles. The zero-order chi connectivity index (χ0) is 11.8. The standard InChI is InChI=1S/C10H18N2O3S/c1-7-3-2-6-11-9(7)10(13)12-16(14,15)8-4-5-8/h7-9,11H,2-6H2,1H3,(H,12,13). The van der Waals surface area contributed by atoms with Gasteiger partial charge in [0.2, 0.25) is 10.0 Å². The van der Waals surface area contributed by atoms with Crippen molar-refractivity contribution < 1.29 is 13.2 Å². The molecule has 2 fully saturated rings. The topological polar surface area (TPSA) is 75.3 Å². The first-order valence-corrected chi connectivity index (χ1v) is 7.34. The van der Waals surface area contributed by atoms with Gasteiger partial charge >= 0.3 is 0 Å². The summed E-state index contributed by atoms with van der Waals surface area (Å²) in [6.45, 7) is 2.76. The largest absolute Gasteiger partial charge is 0.306 e. The molecule has 6 heteroatoms. The van der Waals surface area contributed by atoms with E-state index in [0.29, 0.717) is 12.8 Å². The molecule has 1 heterocycles. The van der Waals surface area contributed by atoms with Crippen molar-refractivity contribution in [2.45, 2.75) is 43.9 Å². The SMILES string of the molecule is CC1CCCNC1C(=O)NS(=O)(=O)C1CC1. The van der Waals surface area contributed by atoms with Gasteiger partial charge in [-0.3, -0.25) is 9.52 Å². The van der Waals surface area contributed by atoms with Crippen LogP contribution in [0.2, 0.25) is 0 Å². The third-order valence-corrected chi connectivity index (χ3v) is 5.09. The van der Waals surface area contributed by atoms with Crippen LogP contribution >= 0.6 is 0 Å². The summed E-state index contributed by atoms with van der Waals surface area (Å²) in [6.07, 6.45) is 3.36. The predicted octanol–water partition coefficient (Wildman–Crippen LogP) is -0.0171. The monoisotopic (exact) mass is 246 g/mol. The molecule has 92 valence electrons. The van der Waals surface area contributed by atoms with Crippen molar-refractivity contribution in [2.75, 3.05) is 6.54 Å². The normalized spacial score (nSPS) is 31.1. The van der Waals surface area contributed by atoms with E-state index in [-0.39, 0.29) is 23.1 Å². The number of carbonyl (C=O) groups excluding carboxylic acids is 1. The van der Waals surface area contributed by atoms with E-state index < -0.39 is 10.0 Å². The Balaban J connectivity index is 1.96. The molecule has 1 aliphatic carbocycles. The molecule has 0 spiro atoms. The summed E-state index contributed by atoms with van der Waals surface area (Å²) in [5, 5.41) is 2.74. The molecule has 5 nitrogen and oxygen atoms in total. The van der Waals surface area contributed by atoms with Crippen molar-refractivity contribution in [1.29, 1.82) is 0 Å². The summed E-state index contributed by atoms with van der Waals surface area (Å²) in [6, 6.07) is -0.359. The smallest absolute Gasteiger partial charge is 0.250 e. The van der Waals surface area contributed by atoms with Gasteiger partial charge in [-0.25, -0.2) is 8.42 Å². The molecule has 2 aliphatic rings. The first kappa shape index (κ1) is 11.9. The summed E-state index contributed by atoms with van der Waals surface area (Å²) >= 11 is 0. The van der Waals surface area contributed by atoms with Gasteiger partial charge < -0.3 is 5.32 Å². The van der Waals surface area contributed by atoms with Crippen LogP contribution < -0.4 is 10.0 Å². The fourth-order valence-electron chi connectivity index (χ4n) is 2.07. The number of amides is 1. The Kier molecular flexibility index (Phi) is 3.21. The molecule has 1 saturated carbocycles. The average Bonchev–Trinajstić information content (AvgIpc) is 3.00. The Hall–Kier alpha value is -0.620. The van der Waals surface area contributed by atoms with Crippen LogP contribution in [0.4, 0.5) is 0 Å². The van der Waals surface area contributed by atoms with Gasteiger partial charge in [0.15, 0.2) is 0 Å². The summed E-state index contributed by atoms with van der Waals surface area (Å²) in [7, 11) is -3.40. The van der Waals surface area contributed by atoms with E-state index in [1.54, 1.807) is 0 Å². The van der Waals surface area contributed by atoms with E-state index in [0.717, 1.165) is 19.4 Å². The third-order valence-electron chi connectivity index (χ3n) is 3.26. The van der Waals surface area contributed by atoms with Crippen LogP contribution in [-0.4, -0.2) is 32.2 Å². The maximum Gasteiger partial charge on any atom is 0.250 e. The van der Waals surface area contributed by atoms with Crippen LogP contribution in [0.5, 0.6) is 0 Å². The highest BCUT2D eigenvalue weighted by molar-refractivity contribution is 7.90. The van der Waals surface area contributed by atoms with Crippen molar-refractivity contribution >= 4 is 15.9 Å². The molecule has 0 aromatic heterocycles. The van der Waals surface area contributed by atoms with Crippen molar-refractivity contribution in [3.05, 3.63) is 0 Å². The van der Waals surface area contributed by atoms with E-state index in [1.165, 1.54) is 0 Å². The van der Waals surface area contributed by atoms with Gasteiger partial charge in [-0.05, 0) is 38.1 Å². The lowest BCUT2D eigenvalue weighted by Gasteiger charge is -2.28. The van der Waals surface area contributed by atoms with Crippen molar-refractivity contribution in [3.63, 3.8) is 0 Å². The second-order valence-corrected chi connectivity index (χ2v) is 6.72. The first-order chi connectivity index (χ1) is 7.50. The van der Waals surface area contributed by atoms with Crippen LogP contribution in [0.25, 0.3) is 0 Å². The molecular weight excluding hydrogens is 228 g/mol. The van der Waals surface area contributed by atoms with Gasteiger partial charge in [0.25, 0.3) is 5.91 Å². The predicted molar refractivity (Wildman–Crippen MR) is 60.3 cm³/mol. The van der Waals surface area contributed by atoms with Gasteiger partial charge in [-0.1, -0.05) is 6.92 Å². The van der Waals surface area contributed by atoms with E-state index in [4.69, 9.17) is 0 Å². The average molecular weight is 246 g/mol. The molecule has 16 heavy (non-hydrogen) atoms. The fourth-order valence-corrected chi connectivity index (χ4v) is 3.40. The lowest BCUT2D eigenvalue weighted by Crippen LogP contribution is -2.52. The molecular formula is C10H18N2O3S. The second kappa shape index (κ2) is 4.33. The van der Waals surface area contributed by atoms with Crippen LogP contribution in [0.3, 0.4) is 0 Å². The Morgan fingerprint density at radius 1 is 1.31 bits per heavy atom. The molecule has 0 radical (unpaired) electrons. The number of carbonyl (C=O) groups is 1. The Morgan fingerprint density at radius 3 is 2.56 bits per heavy atom. The maximum atomic E-state index is 11.8. The van der Waals surface area contributed by atoms with Crippen LogP contribution in [-0.2, 0) is 14.8 Å². The highest BCUT2D eigenvalue weighted by Gasteiger charge is 2.39. The minimum atomic E-state index is -3.40. The fraction of sp³-hybridized carbons (Fsp3) is 0.900. The Labute approximate surface area is 96.0 Å². The van der Waals surface area contributed by atoms with Gasteiger partial charge in [0.1, 0.15) is 0 Å². The van der Waals surface area contributed by atoms with Crippen LogP contribution in [0.1, 0.15) is 32.6 Å². The molecule has 2 rings (SSSR count). The van der Waals surface area contributed by atoms with Crippen LogP contribution in [0.15, 0.2) is 0 Å². The second-order valence-electron chi connectivity index (χ2n) is 4.76. The van der Waals surface area contributed by atoms with Gasteiger partial charge in [-0.2, -0.15) is 0 Å². The van der Waals surface area contributed by atoms with Crippen LogP contribution in [0, 0.1) is 5.92 Å². The molecule has 2 unspecified atom stereocenters. The van der Waals surface area contributed by atoms with Gasteiger partial charge in [0.05, 0.1) is 11.3 Å². The highest BCUT2D eigenvalue weighted by Crippen LogP contribution is 2.27. The summed E-state index contributed by atoms with van der Waals surface area (Å²) < 4.78 is 25.4. The summed E-state index contributed by atoms with van der Waals surface area (Å²) in [4.78, 5) is 11.8. The Bertz CT molecular complexity index is 376. The van der Waals surface area contributed by atoms with Crippen molar-refractivity contribution in [3.8, 4) is 0 Å². The molecule has 1 amide bonds. The zero-order valence-electron chi connectivity index (χ0n) is 9.40. The van der Waals surface area contributed by atoms with E-state index >= 15 is 0 Å². The Morgan fingerprint density at radius 2 is 2.00 bits per heavy atom. The minimum absolute atomic E-state index is 0.197. The quantitative estimate of drug-likeness (QED) is 0.734. The van der Waals surface area contributed by atoms with E-state index in [1.807, 2.05) is 6.92 Å². The molecule has 2 atom stereocenters. The zero-order valence-corrected chi connectivity index (χ0v) is 10.2. The number of nitrogens with one attached hydrogen (secondary N) is 2. The summed E-state index contributed by atoms with van der Waals surface area (Å²) in [5.41, 5.74) is 0. The van der Waals surface area contributed by atoms with E-state index in [2.05, 4.69) is 10.0 Å². The molecule has 0 aromatic carbocycles. The highest BCUT2D eigenvalue weighted by atomic mass is 32.2. The molecule has 1 aliphatic heterocycles. The number of sulfonamides is 1. The molecule has 2 N–H and O–H groups in total.